The van der Waals surface area contributed by atoms with E-state index in [-0.39, 0.29) is 47.5 Å². The highest BCUT2D eigenvalue weighted by atomic mass is 19.4. The van der Waals surface area contributed by atoms with Gasteiger partial charge in [0.1, 0.15) is 0 Å². The van der Waals surface area contributed by atoms with Gasteiger partial charge in [-0.3, -0.25) is 9.36 Å². The van der Waals surface area contributed by atoms with E-state index in [1.807, 2.05) is 20.8 Å². The summed E-state index contributed by atoms with van der Waals surface area (Å²) < 4.78 is 41.9. The molecule has 1 saturated carbocycles. The Balaban J connectivity index is 1.82. The molecular weight excluding hydrogens is 385 g/mol. The molecule has 0 radical (unpaired) electrons. The maximum absolute atomic E-state index is 13.1. The van der Waals surface area contributed by atoms with Crippen LogP contribution in [0.5, 0.6) is 0 Å². The summed E-state index contributed by atoms with van der Waals surface area (Å²) in [5.41, 5.74) is -1.05. The zero-order valence-electron chi connectivity index (χ0n) is 16.7. The highest BCUT2D eigenvalue weighted by Crippen LogP contribution is 2.37. The Hall–Kier alpha value is -2.58. The van der Waals surface area contributed by atoms with Gasteiger partial charge in [-0.15, -0.1) is 5.10 Å². The largest absolute Gasteiger partial charge is 0.416 e. The second-order valence-electron chi connectivity index (χ2n) is 8.60. The first-order valence-corrected chi connectivity index (χ1v) is 9.59. The van der Waals surface area contributed by atoms with Crippen molar-refractivity contribution in [3.05, 3.63) is 40.3 Å². The molecule has 1 fully saturated rings. The SMILES string of the molecule is CC(C)(C)CC(=O)NCCn1nc(-c2cccc(C(F)(F)F)c2)n(C2CC2)c1=O. The number of hydrogen-bond acceptors (Lipinski definition) is 3. The number of amides is 1. The fourth-order valence-corrected chi connectivity index (χ4v) is 3.10. The Morgan fingerprint density at radius 3 is 2.52 bits per heavy atom. The van der Waals surface area contributed by atoms with Crippen LogP contribution in [0.2, 0.25) is 0 Å². The molecule has 0 saturated heterocycles. The van der Waals surface area contributed by atoms with Gasteiger partial charge in [0.05, 0.1) is 12.1 Å². The third-order valence-corrected chi connectivity index (χ3v) is 4.57. The van der Waals surface area contributed by atoms with Crippen LogP contribution in [0.4, 0.5) is 13.2 Å². The average Bonchev–Trinajstić information content (AvgIpc) is 3.37. The number of rotatable bonds is 6. The first-order chi connectivity index (χ1) is 13.5. The summed E-state index contributed by atoms with van der Waals surface area (Å²) in [5, 5.41) is 7.04. The minimum Gasteiger partial charge on any atom is -0.354 e. The van der Waals surface area contributed by atoms with Gasteiger partial charge in [0, 0.05) is 24.6 Å². The lowest BCUT2D eigenvalue weighted by molar-refractivity contribution is -0.137. The molecule has 9 heteroatoms. The molecule has 2 aromatic rings. The van der Waals surface area contributed by atoms with Crippen LogP contribution in [0, 0.1) is 5.41 Å². The number of benzene rings is 1. The highest BCUT2D eigenvalue weighted by molar-refractivity contribution is 5.76. The van der Waals surface area contributed by atoms with Gasteiger partial charge in [-0.25, -0.2) is 9.48 Å². The molecule has 158 valence electrons. The summed E-state index contributed by atoms with van der Waals surface area (Å²) >= 11 is 0. The molecule has 1 aromatic heterocycles. The van der Waals surface area contributed by atoms with E-state index >= 15 is 0 Å². The topological polar surface area (TPSA) is 68.9 Å². The molecule has 0 atom stereocenters. The van der Waals surface area contributed by atoms with E-state index in [1.54, 1.807) is 0 Å². The number of hydrogen-bond donors (Lipinski definition) is 1. The first-order valence-electron chi connectivity index (χ1n) is 9.59. The maximum Gasteiger partial charge on any atom is 0.416 e. The number of nitrogens with zero attached hydrogens (tertiary/aromatic N) is 3. The van der Waals surface area contributed by atoms with Crippen LogP contribution in [0.1, 0.15) is 51.6 Å². The second kappa shape index (κ2) is 7.68. The van der Waals surface area contributed by atoms with E-state index in [9.17, 15) is 22.8 Å². The Morgan fingerprint density at radius 1 is 1.24 bits per heavy atom. The van der Waals surface area contributed by atoms with Crippen LogP contribution < -0.4 is 11.0 Å². The van der Waals surface area contributed by atoms with Gasteiger partial charge in [-0.05, 0) is 30.4 Å². The van der Waals surface area contributed by atoms with Crippen LogP contribution in [-0.4, -0.2) is 26.8 Å². The number of alkyl halides is 3. The van der Waals surface area contributed by atoms with Crippen molar-refractivity contribution in [3.63, 3.8) is 0 Å². The maximum atomic E-state index is 13.1. The van der Waals surface area contributed by atoms with Gasteiger partial charge in [0.15, 0.2) is 5.82 Å². The molecule has 1 amide bonds. The van der Waals surface area contributed by atoms with Crippen molar-refractivity contribution in [2.24, 2.45) is 5.41 Å². The molecular formula is C20H25F3N4O2. The predicted octanol–water partition coefficient (Wildman–Crippen LogP) is 3.62. The lowest BCUT2D eigenvalue weighted by Crippen LogP contribution is -2.33. The standard InChI is InChI=1S/C20H25F3N4O2/c1-19(2,3)12-16(28)24-9-10-26-18(29)27(15-7-8-15)17(25-26)13-5-4-6-14(11-13)20(21,22)23/h4-6,11,15H,7-10,12H2,1-3H3,(H,24,28). The summed E-state index contributed by atoms with van der Waals surface area (Å²) in [7, 11) is 0. The zero-order valence-corrected chi connectivity index (χ0v) is 16.7. The number of nitrogens with one attached hydrogen (secondary N) is 1. The van der Waals surface area contributed by atoms with Crippen molar-refractivity contribution in [1.29, 1.82) is 0 Å². The van der Waals surface area contributed by atoms with E-state index < -0.39 is 11.7 Å². The lowest BCUT2D eigenvalue weighted by atomic mass is 9.92. The van der Waals surface area contributed by atoms with E-state index in [1.165, 1.54) is 21.4 Å². The summed E-state index contributed by atoms with van der Waals surface area (Å²) in [6.45, 7) is 6.24. The smallest absolute Gasteiger partial charge is 0.354 e. The second-order valence-corrected chi connectivity index (χ2v) is 8.60. The van der Waals surface area contributed by atoms with Gasteiger partial charge in [0.2, 0.25) is 5.91 Å². The van der Waals surface area contributed by atoms with Crippen molar-refractivity contribution in [1.82, 2.24) is 19.7 Å². The third-order valence-electron chi connectivity index (χ3n) is 4.57. The number of carbonyl (C=O) groups excluding carboxylic acids is 1. The van der Waals surface area contributed by atoms with E-state index in [0.29, 0.717) is 6.42 Å². The van der Waals surface area contributed by atoms with Crippen LogP contribution in [0.3, 0.4) is 0 Å². The predicted molar refractivity (Wildman–Crippen MR) is 102 cm³/mol. The molecule has 1 aliphatic carbocycles. The van der Waals surface area contributed by atoms with Gasteiger partial charge < -0.3 is 5.32 Å². The minimum atomic E-state index is -4.47. The van der Waals surface area contributed by atoms with Crippen molar-refractivity contribution < 1.29 is 18.0 Å². The molecule has 0 unspecified atom stereocenters. The molecule has 0 aliphatic heterocycles. The third kappa shape index (κ3) is 5.27. The van der Waals surface area contributed by atoms with Gasteiger partial charge in [0.25, 0.3) is 0 Å². The van der Waals surface area contributed by atoms with Crippen molar-refractivity contribution >= 4 is 5.91 Å². The van der Waals surface area contributed by atoms with Crippen molar-refractivity contribution in [2.45, 2.75) is 58.8 Å². The summed E-state index contributed by atoms with van der Waals surface area (Å²) in [6, 6.07) is 4.79. The highest BCUT2D eigenvalue weighted by Gasteiger charge is 2.33. The summed E-state index contributed by atoms with van der Waals surface area (Å²) in [4.78, 5) is 24.7. The first kappa shape index (κ1) is 21.1. The van der Waals surface area contributed by atoms with Crippen LogP contribution in [-0.2, 0) is 17.5 Å². The summed E-state index contributed by atoms with van der Waals surface area (Å²) in [5.74, 6) is 0.106. The van der Waals surface area contributed by atoms with Gasteiger partial charge in [-0.1, -0.05) is 32.9 Å². The molecule has 0 bridgehead atoms. The molecule has 0 spiro atoms. The molecule has 3 rings (SSSR count). The van der Waals surface area contributed by atoms with E-state index in [2.05, 4.69) is 10.4 Å². The Bertz CT molecular complexity index is 950. The van der Waals surface area contributed by atoms with E-state index in [0.717, 1.165) is 25.0 Å². The number of aromatic nitrogens is 3. The van der Waals surface area contributed by atoms with Gasteiger partial charge >= 0.3 is 11.9 Å². The quantitative estimate of drug-likeness (QED) is 0.791. The fourth-order valence-electron chi connectivity index (χ4n) is 3.10. The van der Waals surface area contributed by atoms with Crippen molar-refractivity contribution in [3.8, 4) is 11.4 Å². The van der Waals surface area contributed by atoms with Gasteiger partial charge in [-0.2, -0.15) is 13.2 Å². The lowest BCUT2D eigenvalue weighted by Gasteiger charge is -2.17. The fraction of sp³-hybridized carbons (Fsp3) is 0.550. The molecule has 1 aromatic carbocycles. The molecule has 1 heterocycles. The Kier molecular flexibility index (Phi) is 5.60. The normalized spacial score (nSPS) is 14.8. The number of halogens is 3. The number of carbonyl (C=O) groups is 1. The Labute approximate surface area is 166 Å². The van der Waals surface area contributed by atoms with Crippen LogP contribution in [0.15, 0.2) is 29.1 Å². The summed E-state index contributed by atoms with van der Waals surface area (Å²) in [6.07, 6.45) is -2.53. The molecule has 29 heavy (non-hydrogen) atoms. The van der Waals surface area contributed by atoms with Crippen molar-refractivity contribution in [2.75, 3.05) is 6.54 Å². The monoisotopic (exact) mass is 410 g/mol. The minimum absolute atomic E-state index is 0.0451. The van der Waals surface area contributed by atoms with Crippen LogP contribution in [0.25, 0.3) is 11.4 Å². The average molecular weight is 410 g/mol. The molecule has 1 N–H and O–H groups in total. The van der Waals surface area contributed by atoms with Crippen LogP contribution >= 0.6 is 0 Å². The molecule has 6 nitrogen and oxygen atoms in total. The Morgan fingerprint density at radius 2 is 1.93 bits per heavy atom. The van der Waals surface area contributed by atoms with E-state index in [4.69, 9.17) is 0 Å². The molecule has 1 aliphatic rings. The zero-order chi connectivity index (χ0) is 21.4.